The fourth-order valence-electron chi connectivity index (χ4n) is 4.17. The maximum atomic E-state index is 13.2. The van der Waals surface area contributed by atoms with E-state index in [1.165, 1.54) is 18.2 Å². The number of pyridine rings is 2. The van der Waals surface area contributed by atoms with E-state index in [9.17, 15) is 22.6 Å². The number of benzene rings is 3. The van der Waals surface area contributed by atoms with Crippen molar-refractivity contribution in [2.24, 2.45) is 7.05 Å². The molecule has 3 aromatic carbocycles. The standard InChI is InChI=1S/C22H16N2O5S/c1-11-5-3-7-16-19(11)22(26)14-9-15-13(10-17(14)24(16)2)21(25)12-6-4-8-18(20(12)23-15)30(27,28)29/h3-10H,1-2H3,(H,23,25)(H,27,28,29). The van der Waals surface area contributed by atoms with Gasteiger partial charge in [0.2, 0.25) is 0 Å². The molecule has 5 aromatic rings. The Balaban J connectivity index is 2.06. The summed E-state index contributed by atoms with van der Waals surface area (Å²) in [5.41, 5.74) is 1.98. The van der Waals surface area contributed by atoms with Crippen LogP contribution < -0.4 is 10.9 Å². The Morgan fingerprint density at radius 3 is 2.37 bits per heavy atom. The van der Waals surface area contributed by atoms with Crippen LogP contribution in [0, 0.1) is 6.92 Å². The lowest BCUT2D eigenvalue weighted by atomic mass is 10.0. The van der Waals surface area contributed by atoms with E-state index < -0.39 is 10.1 Å². The molecule has 5 rings (SSSR count). The summed E-state index contributed by atoms with van der Waals surface area (Å²) < 4.78 is 35.0. The molecule has 0 aliphatic rings. The number of H-pyrrole nitrogens is 1. The Morgan fingerprint density at radius 2 is 1.63 bits per heavy atom. The van der Waals surface area contributed by atoms with Gasteiger partial charge in [0.1, 0.15) is 4.90 Å². The number of nitrogens with zero attached hydrogens (tertiary/aromatic N) is 1. The van der Waals surface area contributed by atoms with E-state index in [0.717, 1.165) is 11.1 Å². The van der Waals surface area contributed by atoms with Crippen molar-refractivity contribution in [3.63, 3.8) is 0 Å². The molecule has 0 fully saturated rings. The number of fused-ring (bicyclic) bond motifs is 4. The first-order valence-electron chi connectivity index (χ1n) is 9.17. The normalized spacial score (nSPS) is 12.4. The smallest absolute Gasteiger partial charge is 0.296 e. The fraction of sp³-hybridized carbons (Fsp3) is 0.0909. The lowest BCUT2D eigenvalue weighted by molar-refractivity contribution is 0.484. The quantitative estimate of drug-likeness (QED) is 0.320. The first-order valence-corrected chi connectivity index (χ1v) is 10.6. The third-order valence-electron chi connectivity index (χ3n) is 5.63. The zero-order chi connectivity index (χ0) is 21.4. The van der Waals surface area contributed by atoms with Gasteiger partial charge in [-0.15, -0.1) is 0 Å². The van der Waals surface area contributed by atoms with Crippen molar-refractivity contribution in [1.29, 1.82) is 0 Å². The van der Waals surface area contributed by atoms with Crippen molar-refractivity contribution in [1.82, 2.24) is 9.55 Å². The van der Waals surface area contributed by atoms with Gasteiger partial charge in [0.25, 0.3) is 10.1 Å². The second-order valence-electron chi connectivity index (χ2n) is 7.38. The van der Waals surface area contributed by atoms with Crippen molar-refractivity contribution < 1.29 is 13.0 Å². The van der Waals surface area contributed by atoms with Gasteiger partial charge in [0.05, 0.1) is 22.1 Å². The molecule has 0 aliphatic carbocycles. The van der Waals surface area contributed by atoms with E-state index >= 15 is 0 Å². The van der Waals surface area contributed by atoms with Gasteiger partial charge in [0.15, 0.2) is 10.9 Å². The number of nitrogens with one attached hydrogen (secondary N) is 1. The second kappa shape index (κ2) is 6.01. The Bertz CT molecular complexity index is 1780. The van der Waals surface area contributed by atoms with Crippen LogP contribution in [0.2, 0.25) is 0 Å². The van der Waals surface area contributed by atoms with Gasteiger partial charge < -0.3 is 9.55 Å². The minimum atomic E-state index is -4.54. The van der Waals surface area contributed by atoms with Crippen molar-refractivity contribution in [3.8, 4) is 0 Å². The molecule has 7 nitrogen and oxygen atoms in total. The molecule has 2 heterocycles. The molecule has 2 aromatic heterocycles. The van der Waals surface area contributed by atoms with Gasteiger partial charge in [-0.05, 0) is 42.8 Å². The number of aromatic amines is 1. The molecule has 8 heteroatoms. The van der Waals surface area contributed by atoms with E-state index in [1.807, 2.05) is 36.7 Å². The third kappa shape index (κ3) is 2.44. The SMILES string of the molecule is Cc1cccc2c1c(=O)c1cc3[nH]c4c(S(=O)(=O)O)cccc4c(=O)c3cc1n2C. The molecule has 0 saturated heterocycles. The van der Waals surface area contributed by atoms with E-state index in [2.05, 4.69) is 4.98 Å². The Labute approximate surface area is 169 Å². The number of aromatic nitrogens is 2. The number of rotatable bonds is 1. The average Bonchev–Trinajstić information content (AvgIpc) is 2.70. The fourth-order valence-corrected chi connectivity index (χ4v) is 4.84. The monoisotopic (exact) mass is 420 g/mol. The van der Waals surface area contributed by atoms with Gasteiger partial charge in [-0.2, -0.15) is 8.42 Å². The number of aryl methyl sites for hydroxylation is 2. The average molecular weight is 420 g/mol. The van der Waals surface area contributed by atoms with Crippen molar-refractivity contribution in [2.45, 2.75) is 11.8 Å². The van der Waals surface area contributed by atoms with Gasteiger partial charge in [0, 0.05) is 28.6 Å². The highest BCUT2D eigenvalue weighted by atomic mass is 32.2. The highest BCUT2D eigenvalue weighted by molar-refractivity contribution is 7.86. The van der Waals surface area contributed by atoms with Gasteiger partial charge in [-0.3, -0.25) is 14.1 Å². The van der Waals surface area contributed by atoms with Crippen LogP contribution in [-0.2, 0) is 17.2 Å². The van der Waals surface area contributed by atoms with Crippen LogP contribution in [0.1, 0.15) is 5.56 Å². The maximum absolute atomic E-state index is 13.2. The molecular weight excluding hydrogens is 404 g/mol. The molecule has 0 amide bonds. The summed E-state index contributed by atoms with van der Waals surface area (Å²) in [5.74, 6) is 0. The van der Waals surface area contributed by atoms with Crippen LogP contribution in [0.5, 0.6) is 0 Å². The first-order chi connectivity index (χ1) is 14.2. The molecule has 150 valence electrons. The lowest BCUT2D eigenvalue weighted by Gasteiger charge is -2.13. The molecule has 0 spiro atoms. The Hall–Kier alpha value is -3.49. The Kier molecular flexibility index (Phi) is 3.71. The molecule has 2 N–H and O–H groups in total. The number of para-hydroxylation sites is 1. The van der Waals surface area contributed by atoms with Gasteiger partial charge in [-0.25, -0.2) is 0 Å². The van der Waals surface area contributed by atoms with Crippen LogP contribution in [0.4, 0.5) is 0 Å². The van der Waals surface area contributed by atoms with Crippen molar-refractivity contribution in [2.75, 3.05) is 0 Å². The van der Waals surface area contributed by atoms with E-state index in [0.29, 0.717) is 27.2 Å². The minimum Gasteiger partial charge on any atom is -0.353 e. The summed E-state index contributed by atoms with van der Waals surface area (Å²) in [7, 11) is -2.71. The van der Waals surface area contributed by atoms with Crippen molar-refractivity contribution >= 4 is 53.7 Å². The summed E-state index contributed by atoms with van der Waals surface area (Å²) in [6.07, 6.45) is 0. The summed E-state index contributed by atoms with van der Waals surface area (Å²) in [4.78, 5) is 28.9. The molecule has 0 bridgehead atoms. The summed E-state index contributed by atoms with van der Waals surface area (Å²) in [5, 5.41) is 1.46. The lowest BCUT2D eigenvalue weighted by Crippen LogP contribution is -2.13. The van der Waals surface area contributed by atoms with Crippen molar-refractivity contribution in [3.05, 3.63) is 74.5 Å². The summed E-state index contributed by atoms with van der Waals surface area (Å²) in [6, 6.07) is 12.9. The molecule has 0 unspecified atom stereocenters. The zero-order valence-corrected chi connectivity index (χ0v) is 16.9. The number of hydrogen-bond donors (Lipinski definition) is 2. The molecule has 30 heavy (non-hydrogen) atoms. The number of hydrogen-bond acceptors (Lipinski definition) is 4. The molecule has 0 atom stereocenters. The molecule has 0 aliphatic heterocycles. The molecule has 0 saturated carbocycles. The highest BCUT2D eigenvalue weighted by Gasteiger charge is 2.18. The summed E-state index contributed by atoms with van der Waals surface area (Å²) >= 11 is 0. The van der Waals surface area contributed by atoms with Crippen LogP contribution >= 0.6 is 0 Å². The minimum absolute atomic E-state index is 0.00523. The molecule has 0 radical (unpaired) electrons. The maximum Gasteiger partial charge on any atom is 0.296 e. The van der Waals surface area contributed by atoms with Crippen LogP contribution in [0.25, 0.3) is 43.6 Å². The topological polar surface area (TPSA) is 109 Å². The predicted molar refractivity (Wildman–Crippen MR) is 117 cm³/mol. The zero-order valence-electron chi connectivity index (χ0n) is 16.1. The highest BCUT2D eigenvalue weighted by Crippen LogP contribution is 2.26. The largest absolute Gasteiger partial charge is 0.353 e. The Morgan fingerprint density at radius 1 is 0.900 bits per heavy atom. The van der Waals surface area contributed by atoms with Crippen LogP contribution in [0.15, 0.2) is 63.0 Å². The van der Waals surface area contributed by atoms with Crippen LogP contribution in [-0.4, -0.2) is 22.5 Å². The van der Waals surface area contributed by atoms with E-state index in [-0.39, 0.29) is 26.7 Å². The van der Waals surface area contributed by atoms with Gasteiger partial charge in [-0.1, -0.05) is 18.2 Å². The molecular formula is C22H16N2O5S. The second-order valence-corrected chi connectivity index (χ2v) is 8.77. The first kappa shape index (κ1) is 18.5. The third-order valence-corrected chi connectivity index (χ3v) is 6.53. The van der Waals surface area contributed by atoms with Gasteiger partial charge >= 0.3 is 0 Å². The van der Waals surface area contributed by atoms with E-state index in [4.69, 9.17) is 0 Å². The predicted octanol–water partition coefficient (Wildman–Crippen LogP) is 3.24. The van der Waals surface area contributed by atoms with Crippen LogP contribution in [0.3, 0.4) is 0 Å². The summed E-state index contributed by atoms with van der Waals surface area (Å²) in [6.45, 7) is 1.87. The van der Waals surface area contributed by atoms with E-state index in [1.54, 1.807) is 12.1 Å².